The van der Waals surface area contributed by atoms with Crippen LogP contribution in [-0.4, -0.2) is 82.5 Å². The van der Waals surface area contributed by atoms with E-state index in [1.807, 2.05) is 43.3 Å². The van der Waals surface area contributed by atoms with Crippen LogP contribution in [0.15, 0.2) is 36.4 Å². The van der Waals surface area contributed by atoms with Gasteiger partial charge in [-0.2, -0.15) is 9.97 Å². The molecule has 5 aliphatic rings. The number of ether oxygens (including phenoxy) is 2. The molecule has 0 radical (unpaired) electrons. The highest BCUT2D eigenvalue weighted by molar-refractivity contribution is 6.02. The molecule has 4 saturated heterocycles. The molecule has 9 rings (SSSR count). The first kappa shape index (κ1) is 25.8. The summed E-state index contributed by atoms with van der Waals surface area (Å²) in [4.78, 5) is 18.9. The molecule has 0 aliphatic carbocycles. The van der Waals surface area contributed by atoms with E-state index in [1.54, 1.807) is 0 Å². The molecule has 0 spiro atoms. The number of hydrogen-bond acceptors (Lipinski definition) is 8. The third kappa shape index (κ3) is 3.88. The number of alkyl halides is 1. The lowest BCUT2D eigenvalue weighted by Crippen LogP contribution is -2.60. The zero-order valence-electron chi connectivity index (χ0n) is 24.2. The molecule has 8 nitrogen and oxygen atoms in total. The number of anilines is 1. The predicted molar refractivity (Wildman–Crippen MR) is 160 cm³/mol. The highest BCUT2D eigenvalue weighted by Gasteiger charge is 2.50. The van der Waals surface area contributed by atoms with Gasteiger partial charge in [0.05, 0.1) is 11.6 Å². The first-order valence-electron chi connectivity index (χ1n) is 15.5. The maximum atomic E-state index is 16.9. The van der Waals surface area contributed by atoms with E-state index in [-0.39, 0.29) is 41.5 Å². The zero-order valence-corrected chi connectivity index (χ0v) is 24.2. The number of piperazine rings is 1. The smallest absolute Gasteiger partial charge is 0.319 e. The SMILES string of the molecule is Cc1cccc2cccc(-c3nc4c5c(nc(OC[C@@]67CCCN6C[C@H](F)C7)nc5c3F)N3C[C@@H]5CC[C@@H](N5)[C@@H]3CO4)c12. The fourth-order valence-electron chi connectivity index (χ4n) is 8.53. The lowest BCUT2D eigenvalue weighted by atomic mass is 9.95. The molecule has 0 amide bonds. The fraction of sp³-hybridized carbons (Fsp3) is 0.485. The highest BCUT2D eigenvalue weighted by Crippen LogP contribution is 2.45. The third-order valence-corrected chi connectivity index (χ3v) is 10.5. The van der Waals surface area contributed by atoms with Crippen LogP contribution in [0.2, 0.25) is 0 Å². The van der Waals surface area contributed by atoms with Crippen LogP contribution < -0.4 is 19.7 Å². The second-order valence-electron chi connectivity index (χ2n) is 13.1. The molecule has 5 atom stereocenters. The first-order valence-corrected chi connectivity index (χ1v) is 15.5. The fourth-order valence-corrected chi connectivity index (χ4v) is 8.53. The molecule has 1 N–H and O–H groups in total. The van der Waals surface area contributed by atoms with Crippen molar-refractivity contribution in [1.82, 2.24) is 25.2 Å². The van der Waals surface area contributed by atoms with Gasteiger partial charge in [-0.25, -0.2) is 13.8 Å². The molecule has 4 fully saturated rings. The Labute approximate surface area is 248 Å². The van der Waals surface area contributed by atoms with Crippen LogP contribution in [0.3, 0.4) is 0 Å². The van der Waals surface area contributed by atoms with Crippen molar-refractivity contribution in [2.24, 2.45) is 0 Å². The van der Waals surface area contributed by atoms with E-state index < -0.39 is 12.0 Å². The number of hydrogen-bond donors (Lipinski definition) is 1. The molecule has 0 unspecified atom stereocenters. The molecular formula is C33H34F2N6O2. The van der Waals surface area contributed by atoms with Crippen LogP contribution in [-0.2, 0) is 0 Å². The highest BCUT2D eigenvalue weighted by atomic mass is 19.1. The van der Waals surface area contributed by atoms with Crippen molar-refractivity contribution in [3.63, 3.8) is 0 Å². The van der Waals surface area contributed by atoms with E-state index >= 15 is 4.39 Å². The molecule has 2 aromatic carbocycles. The van der Waals surface area contributed by atoms with E-state index in [9.17, 15) is 4.39 Å². The summed E-state index contributed by atoms with van der Waals surface area (Å²) in [6.07, 6.45) is 3.60. The number of nitrogens with zero attached hydrogens (tertiary/aromatic N) is 5. The Kier molecular flexibility index (Phi) is 5.67. The maximum Gasteiger partial charge on any atom is 0.319 e. The minimum atomic E-state index is -0.863. The Morgan fingerprint density at radius 3 is 2.88 bits per heavy atom. The second kappa shape index (κ2) is 9.43. The first-order chi connectivity index (χ1) is 21.0. The second-order valence-corrected chi connectivity index (χ2v) is 13.1. The Morgan fingerprint density at radius 1 is 1.09 bits per heavy atom. The molecule has 10 heteroatoms. The van der Waals surface area contributed by atoms with Crippen LogP contribution in [0.1, 0.15) is 37.7 Å². The topological polar surface area (TPSA) is 75.6 Å². The van der Waals surface area contributed by atoms with Gasteiger partial charge in [-0.15, -0.1) is 0 Å². The number of fused-ring (bicyclic) bond motifs is 7. The Bertz CT molecular complexity index is 1780. The summed E-state index contributed by atoms with van der Waals surface area (Å²) in [7, 11) is 0. The zero-order chi connectivity index (χ0) is 28.9. The number of nitrogens with one attached hydrogen (secondary N) is 1. The van der Waals surface area contributed by atoms with Gasteiger partial charge >= 0.3 is 6.01 Å². The van der Waals surface area contributed by atoms with Crippen molar-refractivity contribution in [3.8, 4) is 23.1 Å². The van der Waals surface area contributed by atoms with Crippen molar-refractivity contribution in [3.05, 3.63) is 47.8 Å². The molecule has 5 aliphatic heterocycles. The van der Waals surface area contributed by atoms with Gasteiger partial charge in [0.25, 0.3) is 0 Å². The normalized spacial score (nSPS) is 29.5. The van der Waals surface area contributed by atoms with Gasteiger partial charge in [-0.05, 0) is 55.5 Å². The van der Waals surface area contributed by atoms with Crippen molar-refractivity contribution in [2.75, 3.05) is 37.7 Å². The van der Waals surface area contributed by atoms with Gasteiger partial charge in [0.15, 0.2) is 5.82 Å². The van der Waals surface area contributed by atoms with Gasteiger partial charge < -0.3 is 19.7 Å². The van der Waals surface area contributed by atoms with Crippen LogP contribution in [0, 0.1) is 12.7 Å². The number of rotatable bonds is 4. The summed E-state index contributed by atoms with van der Waals surface area (Å²) in [5.74, 6) is 0.437. The van der Waals surface area contributed by atoms with Crippen LogP contribution in [0.4, 0.5) is 14.6 Å². The summed E-state index contributed by atoms with van der Waals surface area (Å²) < 4.78 is 44.1. The van der Waals surface area contributed by atoms with E-state index in [2.05, 4.69) is 15.1 Å². The maximum absolute atomic E-state index is 16.9. The van der Waals surface area contributed by atoms with E-state index in [0.717, 1.165) is 55.1 Å². The molecule has 2 bridgehead atoms. The molecule has 2 aromatic heterocycles. The lowest BCUT2D eigenvalue weighted by molar-refractivity contribution is 0.107. The van der Waals surface area contributed by atoms with Gasteiger partial charge in [-0.3, -0.25) is 4.90 Å². The minimum absolute atomic E-state index is 0.0243. The number of halogens is 2. The molecular weight excluding hydrogens is 550 g/mol. The van der Waals surface area contributed by atoms with Crippen LogP contribution in [0.25, 0.3) is 32.9 Å². The third-order valence-electron chi connectivity index (χ3n) is 10.5. The number of aromatic nitrogens is 3. The molecule has 222 valence electrons. The van der Waals surface area contributed by atoms with Crippen LogP contribution >= 0.6 is 0 Å². The van der Waals surface area contributed by atoms with E-state index in [1.165, 1.54) is 0 Å². The Balaban J connectivity index is 1.22. The van der Waals surface area contributed by atoms with E-state index in [0.29, 0.717) is 48.3 Å². The number of pyridine rings is 1. The predicted octanol–water partition coefficient (Wildman–Crippen LogP) is 4.95. The van der Waals surface area contributed by atoms with Gasteiger partial charge in [-0.1, -0.05) is 36.4 Å². The molecule has 7 heterocycles. The molecule has 4 aromatic rings. The molecule has 43 heavy (non-hydrogen) atoms. The van der Waals surface area contributed by atoms with Crippen molar-refractivity contribution < 1.29 is 18.3 Å². The number of aryl methyl sites for hydroxylation is 1. The summed E-state index contributed by atoms with van der Waals surface area (Å²) >= 11 is 0. The standard InChI is InChI=1S/C33H34F2N6O2/c1-18-5-2-6-19-7-3-8-22(25(18)19)28-27(35)29-26-30(41-15-21-9-10-23(36-21)24(41)16-42-31(26)37-28)39-32(38-29)43-17-33-11-4-12-40(33)14-20(34)13-33/h2-3,5-8,20-21,23-24,36H,4,9-17H2,1H3/t20-,21+,23-,24+,33+/m1/s1. The van der Waals surface area contributed by atoms with Gasteiger partial charge in [0, 0.05) is 37.2 Å². The van der Waals surface area contributed by atoms with Crippen molar-refractivity contribution >= 4 is 27.5 Å². The molecule has 0 saturated carbocycles. The summed E-state index contributed by atoms with van der Waals surface area (Å²) in [6, 6.07) is 12.6. The number of benzene rings is 2. The van der Waals surface area contributed by atoms with Gasteiger partial charge in [0.2, 0.25) is 5.88 Å². The lowest BCUT2D eigenvalue weighted by Gasteiger charge is -2.40. The Morgan fingerprint density at radius 2 is 1.98 bits per heavy atom. The average molecular weight is 585 g/mol. The van der Waals surface area contributed by atoms with Crippen molar-refractivity contribution in [1.29, 1.82) is 0 Å². The van der Waals surface area contributed by atoms with E-state index in [4.69, 9.17) is 24.4 Å². The summed E-state index contributed by atoms with van der Waals surface area (Å²) in [5.41, 5.74) is 1.72. The Hall–Kier alpha value is -3.63. The minimum Gasteiger partial charge on any atom is -0.475 e. The summed E-state index contributed by atoms with van der Waals surface area (Å²) in [6.45, 7) is 4.76. The van der Waals surface area contributed by atoms with Crippen LogP contribution in [0.5, 0.6) is 11.9 Å². The van der Waals surface area contributed by atoms with Crippen molar-refractivity contribution in [2.45, 2.75) is 68.9 Å². The average Bonchev–Trinajstić information content (AvgIpc) is 3.64. The van der Waals surface area contributed by atoms with Gasteiger partial charge in [0.1, 0.15) is 41.8 Å². The largest absolute Gasteiger partial charge is 0.475 e. The monoisotopic (exact) mass is 584 g/mol. The quantitative estimate of drug-likeness (QED) is 0.361. The summed E-state index contributed by atoms with van der Waals surface area (Å²) in [5, 5.41) is 6.17.